The van der Waals surface area contributed by atoms with E-state index in [4.69, 9.17) is 0 Å². The lowest BCUT2D eigenvalue weighted by Gasteiger charge is -2.35. The molecule has 1 atom stereocenters. The lowest BCUT2D eigenvalue weighted by Crippen LogP contribution is -2.45. The van der Waals surface area contributed by atoms with Crippen LogP contribution in [0.1, 0.15) is 31.4 Å². The van der Waals surface area contributed by atoms with E-state index in [1.54, 1.807) is 0 Å². The highest BCUT2D eigenvalue weighted by Gasteiger charge is 2.24. The second-order valence-electron chi connectivity index (χ2n) is 4.76. The molecule has 0 radical (unpaired) electrons. The lowest BCUT2D eigenvalue weighted by atomic mass is 9.99. The molecule has 0 amide bonds. The molecular formula is C14H21ClF2N2. The third-order valence-corrected chi connectivity index (χ3v) is 3.47. The molecule has 1 N–H and O–H groups in total. The van der Waals surface area contributed by atoms with Gasteiger partial charge in [0.25, 0.3) is 0 Å². The van der Waals surface area contributed by atoms with Gasteiger partial charge in [-0.25, -0.2) is 8.78 Å². The zero-order valence-electron chi connectivity index (χ0n) is 11.2. The Bertz CT molecular complexity index is 395. The molecule has 0 aliphatic carbocycles. The topological polar surface area (TPSA) is 15.3 Å². The van der Waals surface area contributed by atoms with Crippen molar-refractivity contribution in [2.24, 2.45) is 0 Å². The van der Waals surface area contributed by atoms with Crippen molar-refractivity contribution in [3.05, 3.63) is 35.4 Å². The van der Waals surface area contributed by atoms with Crippen LogP contribution in [-0.2, 0) is 0 Å². The van der Waals surface area contributed by atoms with Crippen LogP contribution in [0.3, 0.4) is 0 Å². The van der Waals surface area contributed by atoms with E-state index < -0.39 is 0 Å². The Morgan fingerprint density at radius 1 is 1.26 bits per heavy atom. The van der Waals surface area contributed by atoms with Gasteiger partial charge in [0.05, 0.1) is 0 Å². The van der Waals surface area contributed by atoms with Gasteiger partial charge in [-0.3, -0.25) is 4.90 Å². The summed E-state index contributed by atoms with van der Waals surface area (Å²) in [7, 11) is 0. The molecule has 1 aliphatic heterocycles. The maximum atomic E-state index is 13.9. The normalized spacial score (nSPS) is 17.8. The first-order chi connectivity index (χ1) is 8.72. The van der Waals surface area contributed by atoms with Crippen LogP contribution in [0.4, 0.5) is 8.78 Å². The molecule has 19 heavy (non-hydrogen) atoms. The lowest BCUT2D eigenvalue weighted by molar-refractivity contribution is 0.161. The molecule has 0 unspecified atom stereocenters. The predicted octanol–water partition coefficient (Wildman–Crippen LogP) is 3.13. The quantitative estimate of drug-likeness (QED) is 0.916. The smallest absolute Gasteiger partial charge is 0.128 e. The van der Waals surface area contributed by atoms with E-state index in [0.717, 1.165) is 39.0 Å². The number of piperazine rings is 1. The maximum Gasteiger partial charge on any atom is 0.128 e. The highest BCUT2D eigenvalue weighted by molar-refractivity contribution is 5.85. The molecule has 0 bridgehead atoms. The molecule has 1 fully saturated rings. The van der Waals surface area contributed by atoms with Crippen molar-refractivity contribution in [3.63, 3.8) is 0 Å². The second-order valence-corrected chi connectivity index (χ2v) is 4.76. The number of hydrogen-bond acceptors (Lipinski definition) is 2. The Balaban J connectivity index is 0.00000180. The molecular weight excluding hydrogens is 270 g/mol. The van der Waals surface area contributed by atoms with Gasteiger partial charge in [0.1, 0.15) is 11.6 Å². The fraction of sp³-hybridized carbons (Fsp3) is 0.571. The summed E-state index contributed by atoms with van der Waals surface area (Å²) in [5.74, 6) is -0.656. The molecule has 1 heterocycles. The summed E-state index contributed by atoms with van der Waals surface area (Å²) in [6, 6.07) is 3.75. The largest absolute Gasteiger partial charge is 0.314 e. The van der Waals surface area contributed by atoms with Gasteiger partial charge in [0.15, 0.2) is 0 Å². The minimum atomic E-state index is -0.359. The van der Waals surface area contributed by atoms with Crippen LogP contribution < -0.4 is 5.32 Å². The molecule has 5 heteroatoms. The first kappa shape index (κ1) is 16.3. The summed E-state index contributed by atoms with van der Waals surface area (Å²) in [6.07, 6.45) is 1.82. The predicted molar refractivity (Wildman–Crippen MR) is 75.7 cm³/mol. The summed E-state index contributed by atoms with van der Waals surface area (Å²) < 4.78 is 27.2. The molecule has 0 saturated carbocycles. The maximum absolute atomic E-state index is 13.9. The van der Waals surface area contributed by atoms with Crippen molar-refractivity contribution in [1.82, 2.24) is 10.2 Å². The van der Waals surface area contributed by atoms with Crippen LogP contribution in [0.5, 0.6) is 0 Å². The van der Waals surface area contributed by atoms with Gasteiger partial charge in [0.2, 0.25) is 0 Å². The minimum absolute atomic E-state index is 0. The second kappa shape index (κ2) is 7.78. The van der Waals surface area contributed by atoms with Gasteiger partial charge in [-0.05, 0) is 24.6 Å². The van der Waals surface area contributed by atoms with Crippen LogP contribution in [0.25, 0.3) is 0 Å². The van der Waals surface area contributed by atoms with Gasteiger partial charge < -0.3 is 5.32 Å². The van der Waals surface area contributed by atoms with Crippen LogP contribution in [0.2, 0.25) is 0 Å². The number of benzene rings is 1. The highest BCUT2D eigenvalue weighted by atomic mass is 35.5. The Kier molecular flexibility index (Phi) is 6.69. The summed E-state index contributed by atoms with van der Waals surface area (Å²) in [6.45, 7) is 5.68. The average Bonchev–Trinajstić information content (AvgIpc) is 2.40. The first-order valence-corrected chi connectivity index (χ1v) is 6.62. The summed E-state index contributed by atoms with van der Waals surface area (Å²) >= 11 is 0. The molecule has 0 aromatic heterocycles. The van der Waals surface area contributed by atoms with E-state index in [2.05, 4.69) is 17.1 Å². The zero-order valence-corrected chi connectivity index (χ0v) is 12.0. The zero-order chi connectivity index (χ0) is 13.0. The van der Waals surface area contributed by atoms with Crippen molar-refractivity contribution in [2.75, 3.05) is 26.2 Å². The molecule has 2 nitrogen and oxygen atoms in total. The molecule has 1 saturated heterocycles. The summed E-state index contributed by atoms with van der Waals surface area (Å²) in [5.41, 5.74) is 0.499. The van der Waals surface area contributed by atoms with E-state index in [9.17, 15) is 8.78 Å². The number of nitrogens with one attached hydrogen (secondary N) is 1. The summed E-state index contributed by atoms with van der Waals surface area (Å²) in [4.78, 5) is 2.25. The van der Waals surface area contributed by atoms with Gasteiger partial charge in [-0.1, -0.05) is 13.3 Å². The Morgan fingerprint density at radius 2 is 1.95 bits per heavy atom. The SMILES string of the molecule is CCC[C@H](c1cc(F)ccc1F)N1CCNCC1.Cl. The van der Waals surface area contributed by atoms with Crippen molar-refractivity contribution >= 4 is 12.4 Å². The Morgan fingerprint density at radius 3 is 2.58 bits per heavy atom. The van der Waals surface area contributed by atoms with E-state index in [1.165, 1.54) is 18.2 Å². The van der Waals surface area contributed by atoms with E-state index in [-0.39, 0.29) is 30.1 Å². The Labute approximate surface area is 119 Å². The number of halogens is 3. The van der Waals surface area contributed by atoms with Crippen molar-refractivity contribution < 1.29 is 8.78 Å². The fourth-order valence-corrected chi connectivity index (χ4v) is 2.57. The van der Waals surface area contributed by atoms with Crippen molar-refractivity contribution in [3.8, 4) is 0 Å². The van der Waals surface area contributed by atoms with E-state index >= 15 is 0 Å². The van der Waals surface area contributed by atoms with E-state index in [0.29, 0.717) is 5.56 Å². The van der Waals surface area contributed by atoms with Gasteiger partial charge in [-0.15, -0.1) is 12.4 Å². The molecule has 108 valence electrons. The number of hydrogen-bond donors (Lipinski definition) is 1. The first-order valence-electron chi connectivity index (χ1n) is 6.62. The van der Waals surface area contributed by atoms with Gasteiger partial charge in [0, 0.05) is 37.8 Å². The van der Waals surface area contributed by atoms with Gasteiger partial charge in [-0.2, -0.15) is 0 Å². The van der Waals surface area contributed by atoms with Crippen LogP contribution in [0, 0.1) is 11.6 Å². The standard InChI is InChI=1S/C14H20F2N2.ClH/c1-2-3-14(18-8-6-17-7-9-18)12-10-11(15)4-5-13(12)16;/h4-5,10,14,17H,2-3,6-9H2,1H3;1H/t14-;/m1./s1. The monoisotopic (exact) mass is 290 g/mol. The van der Waals surface area contributed by atoms with E-state index in [1.807, 2.05) is 0 Å². The highest BCUT2D eigenvalue weighted by Crippen LogP contribution is 2.28. The number of rotatable bonds is 4. The third kappa shape index (κ3) is 4.13. The van der Waals surface area contributed by atoms with Crippen LogP contribution >= 0.6 is 12.4 Å². The number of nitrogens with zero attached hydrogens (tertiary/aromatic N) is 1. The molecule has 0 spiro atoms. The third-order valence-electron chi connectivity index (χ3n) is 3.47. The van der Waals surface area contributed by atoms with Gasteiger partial charge >= 0.3 is 0 Å². The summed E-state index contributed by atoms with van der Waals surface area (Å²) in [5, 5.41) is 3.28. The van der Waals surface area contributed by atoms with Crippen molar-refractivity contribution in [1.29, 1.82) is 0 Å². The fourth-order valence-electron chi connectivity index (χ4n) is 2.57. The van der Waals surface area contributed by atoms with Crippen LogP contribution in [-0.4, -0.2) is 31.1 Å². The molecule has 1 aliphatic rings. The van der Waals surface area contributed by atoms with Crippen molar-refractivity contribution in [2.45, 2.75) is 25.8 Å². The molecule has 1 aromatic carbocycles. The molecule has 2 rings (SSSR count). The minimum Gasteiger partial charge on any atom is -0.314 e. The van der Waals surface area contributed by atoms with Crippen LogP contribution in [0.15, 0.2) is 18.2 Å². The Hall–Kier alpha value is -0.710. The molecule has 1 aromatic rings. The average molecular weight is 291 g/mol.